The van der Waals surface area contributed by atoms with E-state index in [1.165, 1.54) is 16.7 Å². The predicted molar refractivity (Wildman–Crippen MR) is 81.5 cm³/mol. The van der Waals surface area contributed by atoms with E-state index in [0.29, 0.717) is 25.6 Å². The van der Waals surface area contributed by atoms with Crippen molar-refractivity contribution >= 4 is 27.7 Å². The number of aromatic nitrogens is 2. The largest absolute Gasteiger partial charge is 0.355 e. The lowest BCUT2D eigenvalue weighted by atomic mass is 10.2. The van der Waals surface area contributed by atoms with Crippen LogP contribution in [0.15, 0.2) is 17.3 Å². The lowest BCUT2D eigenvalue weighted by molar-refractivity contribution is 0.387. The molecule has 1 aromatic rings. The van der Waals surface area contributed by atoms with Crippen LogP contribution in [0.5, 0.6) is 0 Å². The Morgan fingerprint density at radius 2 is 2.05 bits per heavy atom. The van der Waals surface area contributed by atoms with E-state index in [-0.39, 0.29) is 9.64 Å². The first-order valence-electron chi connectivity index (χ1n) is 6.55. The monoisotopic (exact) mass is 316 g/mol. The maximum atomic E-state index is 12.6. The van der Waals surface area contributed by atoms with Gasteiger partial charge in [-0.1, -0.05) is 0 Å². The van der Waals surface area contributed by atoms with E-state index in [0.717, 1.165) is 5.75 Å². The zero-order valence-corrected chi connectivity index (χ0v) is 13.6. The molecule has 0 radical (unpaired) electrons. The highest BCUT2D eigenvalue weighted by molar-refractivity contribution is 8.00. The SMILES string of the molecule is CCNc1ncc(S(=O)(=O)N2CCSC(C)(C)C2)cn1. The van der Waals surface area contributed by atoms with E-state index in [2.05, 4.69) is 29.1 Å². The van der Waals surface area contributed by atoms with Crippen molar-refractivity contribution in [3.63, 3.8) is 0 Å². The molecule has 0 atom stereocenters. The van der Waals surface area contributed by atoms with Crippen LogP contribution in [0, 0.1) is 0 Å². The van der Waals surface area contributed by atoms with E-state index in [1.807, 2.05) is 6.92 Å². The lowest BCUT2D eigenvalue weighted by Crippen LogP contribution is -2.46. The molecule has 1 aliphatic rings. The van der Waals surface area contributed by atoms with Gasteiger partial charge in [0.2, 0.25) is 16.0 Å². The number of hydrogen-bond acceptors (Lipinski definition) is 6. The fraction of sp³-hybridized carbons (Fsp3) is 0.667. The fourth-order valence-electron chi connectivity index (χ4n) is 2.03. The van der Waals surface area contributed by atoms with Gasteiger partial charge in [0.05, 0.1) is 12.4 Å². The Bertz CT molecular complexity index is 557. The van der Waals surface area contributed by atoms with Gasteiger partial charge in [-0.3, -0.25) is 0 Å². The molecule has 0 aliphatic carbocycles. The van der Waals surface area contributed by atoms with Gasteiger partial charge in [0.25, 0.3) is 0 Å². The molecule has 0 amide bonds. The summed E-state index contributed by atoms with van der Waals surface area (Å²) in [5.41, 5.74) is 0. The fourth-order valence-corrected chi connectivity index (χ4v) is 4.83. The minimum Gasteiger partial charge on any atom is -0.355 e. The van der Waals surface area contributed by atoms with Gasteiger partial charge in [0.15, 0.2) is 0 Å². The Morgan fingerprint density at radius 3 is 2.60 bits per heavy atom. The van der Waals surface area contributed by atoms with Gasteiger partial charge in [-0.25, -0.2) is 18.4 Å². The van der Waals surface area contributed by atoms with Crippen LogP contribution >= 0.6 is 11.8 Å². The maximum absolute atomic E-state index is 12.6. The molecular formula is C12H20N4O2S2. The molecule has 2 heterocycles. The molecule has 0 spiro atoms. The summed E-state index contributed by atoms with van der Waals surface area (Å²) in [6.07, 6.45) is 2.74. The highest BCUT2D eigenvalue weighted by atomic mass is 32.2. The molecule has 20 heavy (non-hydrogen) atoms. The minimum absolute atomic E-state index is 0.0596. The van der Waals surface area contributed by atoms with E-state index in [4.69, 9.17) is 0 Å². The first-order valence-corrected chi connectivity index (χ1v) is 8.98. The van der Waals surface area contributed by atoms with Gasteiger partial charge in [0, 0.05) is 30.1 Å². The van der Waals surface area contributed by atoms with Crippen LogP contribution in [0.2, 0.25) is 0 Å². The molecule has 112 valence electrons. The normalized spacial score (nSPS) is 19.8. The second kappa shape index (κ2) is 5.87. The smallest absolute Gasteiger partial charge is 0.246 e. The first kappa shape index (κ1) is 15.5. The van der Waals surface area contributed by atoms with Crippen LogP contribution < -0.4 is 5.32 Å². The highest BCUT2D eigenvalue weighted by Crippen LogP contribution is 2.32. The molecule has 0 aromatic carbocycles. The van der Waals surface area contributed by atoms with Crippen molar-refractivity contribution in [1.29, 1.82) is 0 Å². The van der Waals surface area contributed by atoms with E-state index < -0.39 is 10.0 Å². The molecule has 1 aromatic heterocycles. The molecule has 0 saturated carbocycles. The molecule has 2 rings (SSSR count). The maximum Gasteiger partial charge on any atom is 0.246 e. The van der Waals surface area contributed by atoms with Gasteiger partial charge in [0.1, 0.15) is 4.90 Å². The summed E-state index contributed by atoms with van der Waals surface area (Å²) in [6, 6.07) is 0. The molecule has 0 unspecified atom stereocenters. The Labute approximate surface area is 124 Å². The van der Waals surface area contributed by atoms with Gasteiger partial charge >= 0.3 is 0 Å². The van der Waals surface area contributed by atoms with Crippen molar-refractivity contribution in [3.8, 4) is 0 Å². The molecule has 1 aliphatic heterocycles. The summed E-state index contributed by atoms with van der Waals surface area (Å²) >= 11 is 1.80. The van der Waals surface area contributed by atoms with Crippen molar-refractivity contribution in [3.05, 3.63) is 12.4 Å². The van der Waals surface area contributed by atoms with Gasteiger partial charge in [-0.2, -0.15) is 16.1 Å². The standard InChI is InChI=1S/C12H20N4O2S2/c1-4-13-11-14-7-10(8-15-11)20(17,18)16-5-6-19-12(2,3)9-16/h7-8H,4-6,9H2,1-3H3,(H,13,14,15). The van der Waals surface area contributed by atoms with E-state index in [1.54, 1.807) is 11.8 Å². The minimum atomic E-state index is -3.50. The zero-order chi connectivity index (χ0) is 14.8. The first-order chi connectivity index (χ1) is 9.35. The molecular weight excluding hydrogens is 296 g/mol. The van der Waals surface area contributed by atoms with Crippen molar-refractivity contribution in [2.75, 3.05) is 30.7 Å². The highest BCUT2D eigenvalue weighted by Gasteiger charge is 2.34. The predicted octanol–water partition coefficient (Wildman–Crippen LogP) is 1.42. The number of nitrogens with one attached hydrogen (secondary N) is 1. The topological polar surface area (TPSA) is 75.2 Å². The van der Waals surface area contributed by atoms with Gasteiger partial charge in [-0.15, -0.1) is 0 Å². The molecule has 1 N–H and O–H groups in total. The summed E-state index contributed by atoms with van der Waals surface area (Å²) in [6.45, 7) is 7.79. The molecule has 0 bridgehead atoms. The van der Waals surface area contributed by atoms with Crippen LogP contribution in [0.3, 0.4) is 0 Å². The summed E-state index contributed by atoms with van der Waals surface area (Å²) in [4.78, 5) is 8.22. The Kier molecular flexibility index (Phi) is 4.55. The number of hydrogen-bond donors (Lipinski definition) is 1. The second-order valence-electron chi connectivity index (χ2n) is 5.22. The summed E-state index contributed by atoms with van der Waals surface area (Å²) < 4.78 is 26.6. The average molecular weight is 316 g/mol. The number of sulfonamides is 1. The molecule has 6 nitrogen and oxygen atoms in total. The third-order valence-corrected chi connectivity index (χ3v) is 6.09. The van der Waals surface area contributed by atoms with Crippen LogP contribution in [0.4, 0.5) is 5.95 Å². The van der Waals surface area contributed by atoms with Crippen LogP contribution in [0.1, 0.15) is 20.8 Å². The average Bonchev–Trinajstić information content (AvgIpc) is 2.38. The summed E-state index contributed by atoms with van der Waals surface area (Å²) in [5, 5.41) is 2.94. The third-order valence-electron chi connectivity index (χ3n) is 2.99. The van der Waals surface area contributed by atoms with Crippen molar-refractivity contribution in [1.82, 2.24) is 14.3 Å². The number of rotatable bonds is 4. The summed E-state index contributed by atoms with van der Waals surface area (Å²) in [5.74, 6) is 1.25. The van der Waals surface area contributed by atoms with Crippen molar-refractivity contribution in [2.24, 2.45) is 0 Å². The second-order valence-corrected chi connectivity index (χ2v) is 8.96. The zero-order valence-electron chi connectivity index (χ0n) is 12.0. The Balaban J connectivity index is 2.21. The molecule has 1 saturated heterocycles. The summed E-state index contributed by atoms with van der Waals surface area (Å²) in [7, 11) is -3.50. The third kappa shape index (κ3) is 3.42. The van der Waals surface area contributed by atoms with E-state index >= 15 is 0 Å². The van der Waals surface area contributed by atoms with Crippen LogP contribution in [-0.4, -0.2) is 52.8 Å². The van der Waals surface area contributed by atoms with Crippen LogP contribution in [-0.2, 0) is 10.0 Å². The Morgan fingerprint density at radius 1 is 1.40 bits per heavy atom. The van der Waals surface area contributed by atoms with Gasteiger partial charge in [-0.05, 0) is 20.8 Å². The number of anilines is 1. The lowest BCUT2D eigenvalue weighted by Gasteiger charge is -2.36. The Hall–Kier alpha value is -0.860. The van der Waals surface area contributed by atoms with Crippen molar-refractivity contribution in [2.45, 2.75) is 30.4 Å². The van der Waals surface area contributed by atoms with E-state index in [9.17, 15) is 8.42 Å². The quantitative estimate of drug-likeness (QED) is 0.905. The molecule has 8 heteroatoms. The van der Waals surface area contributed by atoms with Crippen LogP contribution in [0.25, 0.3) is 0 Å². The molecule has 1 fully saturated rings. The number of thioether (sulfide) groups is 1. The number of nitrogens with zero attached hydrogens (tertiary/aromatic N) is 3. The van der Waals surface area contributed by atoms with Crippen molar-refractivity contribution < 1.29 is 8.42 Å². The van der Waals surface area contributed by atoms with Gasteiger partial charge < -0.3 is 5.32 Å².